The lowest BCUT2D eigenvalue weighted by atomic mass is 9.96. The molecule has 0 saturated carbocycles. The number of nitrogens with zero attached hydrogens (tertiary/aromatic N) is 2. The van der Waals surface area contributed by atoms with E-state index in [-0.39, 0.29) is 12.1 Å². The number of amides is 2. The predicted octanol–water partition coefficient (Wildman–Crippen LogP) is 0.759. The first kappa shape index (κ1) is 13.6. The molecule has 1 unspecified atom stereocenters. The van der Waals surface area contributed by atoms with Gasteiger partial charge in [0.15, 0.2) is 0 Å². The van der Waals surface area contributed by atoms with Crippen LogP contribution in [-0.2, 0) is 4.74 Å². The number of rotatable bonds is 3. The van der Waals surface area contributed by atoms with Crippen LogP contribution in [0.2, 0.25) is 0 Å². The number of nitrogens with one attached hydrogen (secondary N) is 1. The van der Waals surface area contributed by atoms with Crippen LogP contribution in [0.4, 0.5) is 4.79 Å². The zero-order valence-electron chi connectivity index (χ0n) is 11.5. The number of hydrogen-bond donors (Lipinski definition) is 1. The van der Waals surface area contributed by atoms with Gasteiger partial charge in [0, 0.05) is 26.2 Å². The van der Waals surface area contributed by atoms with Crippen LogP contribution in [-0.4, -0.2) is 68.8 Å². The van der Waals surface area contributed by atoms with Gasteiger partial charge in [0.05, 0.1) is 12.6 Å². The van der Waals surface area contributed by atoms with Crippen LogP contribution in [0.1, 0.15) is 19.3 Å². The summed E-state index contributed by atoms with van der Waals surface area (Å²) in [6, 6.07) is 0.311. The Bertz CT molecular complexity index is 269. The van der Waals surface area contributed by atoms with E-state index in [2.05, 4.69) is 24.3 Å². The number of hydrogen-bond acceptors (Lipinski definition) is 3. The van der Waals surface area contributed by atoms with Crippen molar-refractivity contribution in [3.8, 4) is 0 Å². The Hall–Kier alpha value is -0.810. The number of carbonyl (C=O) groups is 1. The Balaban J connectivity index is 1.70. The van der Waals surface area contributed by atoms with Crippen molar-refractivity contribution in [2.24, 2.45) is 5.92 Å². The first-order valence-electron chi connectivity index (χ1n) is 6.93. The Morgan fingerprint density at radius 1 is 1.33 bits per heavy atom. The molecule has 2 amide bonds. The van der Waals surface area contributed by atoms with E-state index in [4.69, 9.17) is 4.74 Å². The van der Waals surface area contributed by atoms with Gasteiger partial charge in [-0.2, -0.15) is 0 Å². The van der Waals surface area contributed by atoms with Gasteiger partial charge in [-0.25, -0.2) is 4.79 Å². The summed E-state index contributed by atoms with van der Waals surface area (Å²) in [6.07, 6.45) is 3.18. The molecule has 5 nitrogen and oxygen atoms in total. The minimum Gasteiger partial charge on any atom is -0.379 e. The molecule has 2 heterocycles. The molecule has 0 aliphatic carbocycles. The van der Waals surface area contributed by atoms with E-state index in [1.165, 1.54) is 0 Å². The maximum atomic E-state index is 12.0. The van der Waals surface area contributed by atoms with Gasteiger partial charge in [-0.15, -0.1) is 0 Å². The lowest BCUT2D eigenvalue weighted by Crippen LogP contribution is -2.48. The van der Waals surface area contributed by atoms with Gasteiger partial charge in [-0.05, 0) is 39.3 Å². The smallest absolute Gasteiger partial charge is 0.317 e. The average molecular weight is 255 g/mol. The fourth-order valence-corrected chi connectivity index (χ4v) is 2.75. The molecule has 2 fully saturated rings. The van der Waals surface area contributed by atoms with Gasteiger partial charge in [-0.3, -0.25) is 0 Å². The van der Waals surface area contributed by atoms with Gasteiger partial charge >= 0.3 is 6.03 Å². The molecule has 0 spiro atoms. The fraction of sp³-hybridized carbons (Fsp3) is 0.923. The zero-order valence-corrected chi connectivity index (χ0v) is 11.5. The van der Waals surface area contributed by atoms with Gasteiger partial charge in [0.1, 0.15) is 0 Å². The Labute approximate surface area is 109 Å². The third-order valence-electron chi connectivity index (χ3n) is 3.78. The summed E-state index contributed by atoms with van der Waals surface area (Å²) in [4.78, 5) is 16.2. The largest absolute Gasteiger partial charge is 0.379 e. The highest BCUT2D eigenvalue weighted by molar-refractivity contribution is 5.74. The average Bonchev–Trinajstić information content (AvgIpc) is 2.82. The van der Waals surface area contributed by atoms with Crippen LogP contribution in [0.15, 0.2) is 0 Å². The van der Waals surface area contributed by atoms with Crippen molar-refractivity contribution in [2.45, 2.75) is 25.3 Å². The van der Waals surface area contributed by atoms with Crippen molar-refractivity contribution in [3.05, 3.63) is 0 Å². The van der Waals surface area contributed by atoms with E-state index in [1.807, 2.05) is 4.90 Å². The van der Waals surface area contributed by atoms with Crippen molar-refractivity contribution in [1.82, 2.24) is 15.1 Å². The van der Waals surface area contributed by atoms with Crippen LogP contribution in [0.5, 0.6) is 0 Å². The van der Waals surface area contributed by atoms with Crippen molar-refractivity contribution < 1.29 is 9.53 Å². The van der Waals surface area contributed by atoms with Crippen molar-refractivity contribution in [3.63, 3.8) is 0 Å². The fourth-order valence-electron chi connectivity index (χ4n) is 2.75. The molecule has 0 radical (unpaired) electrons. The summed E-state index contributed by atoms with van der Waals surface area (Å²) in [7, 11) is 4.22. The highest BCUT2D eigenvalue weighted by Crippen LogP contribution is 2.18. The molecule has 0 aromatic rings. The van der Waals surface area contributed by atoms with Crippen LogP contribution in [0, 0.1) is 5.92 Å². The molecule has 5 heteroatoms. The van der Waals surface area contributed by atoms with E-state index >= 15 is 0 Å². The Morgan fingerprint density at radius 2 is 2.06 bits per heavy atom. The normalized spacial score (nSPS) is 25.7. The Morgan fingerprint density at radius 3 is 2.61 bits per heavy atom. The first-order chi connectivity index (χ1) is 8.65. The van der Waals surface area contributed by atoms with Crippen LogP contribution in [0.25, 0.3) is 0 Å². The molecule has 18 heavy (non-hydrogen) atoms. The maximum Gasteiger partial charge on any atom is 0.317 e. The summed E-state index contributed by atoms with van der Waals surface area (Å²) in [5, 5.41) is 3.06. The van der Waals surface area contributed by atoms with E-state index in [0.717, 1.165) is 51.4 Å². The highest BCUT2D eigenvalue weighted by Gasteiger charge is 2.25. The van der Waals surface area contributed by atoms with E-state index < -0.39 is 0 Å². The second-order valence-electron chi connectivity index (χ2n) is 5.70. The minimum atomic E-state index is 0.0915. The molecule has 0 aromatic heterocycles. The van der Waals surface area contributed by atoms with Gasteiger partial charge in [0.2, 0.25) is 0 Å². The van der Waals surface area contributed by atoms with Crippen LogP contribution >= 0.6 is 0 Å². The summed E-state index contributed by atoms with van der Waals surface area (Å²) < 4.78 is 5.27. The lowest BCUT2D eigenvalue weighted by molar-refractivity contribution is 0.153. The third kappa shape index (κ3) is 3.85. The summed E-state index contributed by atoms with van der Waals surface area (Å²) >= 11 is 0. The highest BCUT2D eigenvalue weighted by atomic mass is 16.5. The van der Waals surface area contributed by atoms with E-state index in [9.17, 15) is 4.79 Å². The number of carbonyl (C=O) groups excluding carboxylic acids is 1. The van der Waals surface area contributed by atoms with Gasteiger partial charge in [0.25, 0.3) is 0 Å². The standard InChI is InChI=1S/C13H25N3O2/c1-15(2)9-11-3-6-16(7-4-11)13(17)14-12-5-8-18-10-12/h11-12H,3-10H2,1-2H3,(H,14,17). The third-order valence-corrected chi connectivity index (χ3v) is 3.78. The monoisotopic (exact) mass is 255 g/mol. The molecule has 2 aliphatic heterocycles. The number of piperidine rings is 1. The van der Waals surface area contributed by atoms with Crippen molar-refractivity contribution >= 4 is 6.03 Å². The van der Waals surface area contributed by atoms with Crippen molar-refractivity contribution in [1.29, 1.82) is 0 Å². The molecule has 0 aromatic carbocycles. The molecule has 0 bridgehead atoms. The molecule has 2 saturated heterocycles. The quantitative estimate of drug-likeness (QED) is 0.810. The summed E-state index contributed by atoms with van der Waals surface area (Å²) in [5.74, 6) is 0.735. The second kappa shape index (κ2) is 6.38. The molecular weight excluding hydrogens is 230 g/mol. The number of urea groups is 1. The molecule has 1 atom stereocenters. The topological polar surface area (TPSA) is 44.8 Å². The van der Waals surface area contributed by atoms with E-state index in [1.54, 1.807) is 0 Å². The first-order valence-corrected chi connectivity index (χ1v) is 6.93. The minimum absolute atomic E-state index is 0.0915. The van der Waals surface area contributed by atoms with Crippen LogP contribution < -0.4 is 5.32 Å². The SMILES string of the molecule is CN(C)CC1CCN(C(=O)NC2CCOC2)CC1. The second-order valence-corrected chi connectivity index (χ2v) is 5.70. The maximum absolute atomic E-state index is 12.0. The van der Waals surface area contributed by atoms with Gasteiger partial charge in [-0.1, -0.05) is 0 Å². The summed E-state index contributed by atoms with van der Waals surface area (Å²) in [6.45, 7) is 4.35. The molecule has 104 valence electrons. The molecule has 2 rings (SSSR count). The zero-order chi connectivity index (χ0) is 13.0. The van der Waals surface area contributed by atoms with E-state index in [0.29, 0.717) is 6.61 Å². The Kier molecular flexibility index (Phi) is 4.83. The molecule has 1 N–H and O–H groups in total. The van der Waals surface area contributed by atoms with Gasteiger partial charge < -0.3 is 19.9 Å². The number of likely N-dealkylation sites (tertiary alicyclic amines) is 1. The lowest BCUT2D eigenvalue weighted by Gasteiger charge is -2.33. The predicted molar refractivity (Wildman–Crippen MR) is 70.6 cm³/mol. The molecular formula is C13H25N3O2. The van der Waals surface area contributed by atoms with Crippen LogP contribution in [0.3, 0.4) is 0 Å². The number of ether oxygens (including phenoxy) is 1. The summed E-state index contributed by atoms with van der Waals surface area (Å²) in [5.41, 5.74) is 0. The molecule has 2 aliphatic rings. The van der Waals surface area contributed by atoms with Crippen molar-refractivity contribution in [2.75, 3.05) is 46.9 Å².